The van der Waals surface area contributed by atoms with Gasteiger partial charge in [-0.25, -0.2) is 18.4 Å². The molecule has 0 aromatic carbocycles. The maximum Gasteiger partial charge on any atom is 0.179 e. The van der Waals surface area contributed by atoms with Crippen LogP contribution in [0.4, 0.5) is 0 Å². The summed E-state index contributed by atoms with van der Waals surface area (Å²) >= 11 is 0. The summed E-state index contributed by atoms with van der Waals surface area (Å²) in [5.74, 6) is -0.0205. The average Bonchev–Trinajstić information content (AvgIpc) is 3.41. The van der Waals surface area contributed by atoms with Crippen molar-refractivity contribution in [2.45, 2.75) is 24.3 Å². The summed E-state index contributed by atoms with van der Waals surface area (Å²) < 4.78 is 26.1. The molecule has 0 amide bonds. The maximum atomic E-state index is 12.2. The first-order valence-corrected chi connectivity index (χ1v) is 10.6. The molecule has 0 aliphatic carbocycles. The van der Waals surface area contributed by atoms with Crippen molar-refractivity contribution in [1.29, 1.82) is 5.26 Å². The summed E-state index contributed by atoms with van der Waals surface area (Å²) in [4.78, 5) is 15.8. The van der Waals surface area contributed by atoms with Gasteiger partial charge >= 0.3 is 0 Å². The predicted molar refractivity (Wildman–Crippen MR) is 105 cm³/mol. The quantitative estimate of drug-likeness (QED) is 0.519. The van der Waals surface area contributed by atoms with Gasteiger partial charge in [-0.3, -0.25) is 9.67 Å². The van der Waals surface area contributed by atoms with Crippen molar-refractivity contribution in [2.75, 3.05) is 5.75 Å². The molecule has 0 aliphatic heterocycles. The van der Waals surface area contributed by atoms with E-state index in [9.17, 15) is 13.7 Å². The zero-order valence-electron chi connectivity index (χ0n) is 15.5. The van der Waals surface area contributed by atoms with Gasteiger partial charge in [0.25, 0.3) is 0 Å². The zero-order chi connectivity index (χ0) is 20.4. The lowest BCUT2D eigenvalue weighted by molar-refractivity contribution is 0.529. The second-order valence-corrected chi connectivity index (χ2v) is 8.68. The number of aromatic amines is 1. The van der Waals surface area contributed by atoms with Crippen LogP contribution in [0.15, 0.2) is 54.3 Å². The third-order valence-corrected chi connectivity index (χ3v) is 6.39. The van der Waals surface area contributed by atoms with Crippen LogP contribution in [0.3, 0.4) is 0 Å². The van der Waals surface area contributed by atoms with Gasteiger partial charge < -0.3 is 4.98 Å². The molecule has 4 heterocycles. The van der Waals surface area contributed by atoms with E-state index in [1.165, 1.54) is 12.5 Å². The highest BCUT2D eigenvalue weighted by molar-refractivity contribution is 7.91. The summed E-state index contributed by atoms with van der Waals surface area (Å²) in [5, 5.41) is 14.6. The minimum absolute atomic E-state index is 0.0205. The standard InChI is InChI=1S/C19H17N7O2S/c1-2-29(27,28)15-7-13(8-21-10-15)17(3-5-20)26-11-14(9-25-26)18-16-4-6-22-19(16)24-12-23-18/h4,6-12,17H,2-3H2,1H3,(H,22,23,24). The van der Waals surface area contributed by atoms with Gasteiger partial charge in [-0.15, -0.1) is 0 Å². The van der Waals surface area contributed by atoms with E-state index < -0.39 is 15.9 Å². The minimum Gasteiger partial charge on any atom is -0.346 e. The Labute approximate surface area is 167 Å². The van der Waals surface area contributed by atoms with E-state index in [2.05, 4.69) is 31.1 Å². The molecule has 29 heavy (non-hydrogen) atoms. The second-order valence-electron chi connectivity index (χ2n) is 6.41. The molecule has 4 aromatic rings. The van der Waals surface area contributed by atoms with E-state index in [4.69, 9.17) is 0 Å². The number of fused-ring (bicyclic) bond motifs is 1. The summed E-state index contributed by atoms with van der Waals surface area (Å²) in [5.41, 5.74) is 2.81. The topological polar surface area (TPSA) is 130 Å². The van der Waals surface area contributed by atoms with Gasteiger partial charge in [0, 0.05) is 35.7 Å². The number of H-pyrrole nitrogens is 1. The van der Waals surface area contributed by atoms with Crippen molar-refractivity contribution in [3.05, 3.63) is 55.0 Å². The molecule has 1 atom stereocenters. The monoisotopic (exact) mass is 407 g/mol. The Morgan fingerprint density at radius 2 is 2.14 bits per heavy atom. The van der Waals surface area contributed by atoms with Crippen molar-refractivity contribution < 1.29 is 8.42 Å². The van der Waals surface area contributed by atoms with Gasteiger partial charge in [-0.2, -0.15) is 10.4 Å². The fraction of sp³-hybridized carbons (Fsp3) is 0.211. The molecule has 0 radical (unpaired) electrons. The lowest BCUT2D eigenvalue weighted by Crippen LogP contribution is -2.13. The molecule has 1 N–H and O–H groups in total. The number of nitrogens with zero attached hydrogens (tertiary/aromatic N) is 6. The number of nitriles is 1. The Morgan fingerprint density at radius 3 is 2.93 bits per heavy atom. The van der Waals surface area contributed by atoms with E-state index in [1.807, 2.05) is 6.07 Å². The first-order chi connectivity index (χ1) is 14.0. The van der Waals surface area contributed by atoms with Crippen molar-refractivity contribution in [3.63, 3.8) is 0 Å². The SMILES string of the molecule is CCS(=O)(=O)c1cncc(C(CC#N)n2cc(-c3ncnc4[nH]ccc34)cn2)c1. The Kier molecular flexibility index (Phi) is 4.82. The largest absolute Gasteiger partial charge is 0.346 e. The van der Waals surface area contributed by atoms with Crippen molar-refractivity contribution in [2.24, 2.45) is 0 Å². The van der Waals surface area contributed by atoms with E-state index in [0.717, 1.165) is 22.3 Å². The van der Waals surface area contributed by atoms with Gasteiger partial charge in [0.05, 0.1) is 41.1 Å². The number of rotatable bonds is 6. The summed E-state index contributed by atoms with van der Waals surface area (Å²) in [6.45, 7) is 1.58. The van der Waals surface area contributed by atoms with Crippen LogP contribution < -0.4 is 0 Å². The van der Waals surface area contributed by atoms with Crippen molar-refractivity contribution in [1.82, 2.24) is 29.7 Å². The Morgan fingerprint density at radius 1 is 1.28 bits per heavy atom. The van der Waals surface area contributed by atoms with Crippen molar-refractivity contribution >= 4 is 20.9 Å². The van der Waals surface area contributed by atoms with Gasteiger partial charge in [0.2, 0.25) is 0 Å². The number of hydrogen-bond acceptors (Lipinski definition) is 7. The van der Waals surface area contributed by atoms with E-state index in [-0.39, 0.29) is 17.1 Å². The average molecular weight is 407 g/mol. The van der Waals surface area contributed by atoms with Gasteiger partial charge in [0.1, 0.15) is 12.0 Å². The molecule has 0 saturated carbocycles. The summed E-state index contributed by atoms with van der Waals surface area (Å²) in [6.07, 6.45) is 9.72. The van der Waals surface area contributed by atoms with E-state index in [0.29, 0.717) is 5.56 Å². The highest BCUT2D eigenvalue weighted by Gasteiger charge is 2.20. The number of nitrogens with one attached hydrogen (secondary N) is 1. The molecule has 4 aromatic heterocycles. The molecule has 0 aliphatic rings. The van der Waals surface area contributed by atoms with Gasteiger partial charge in [-0.05, 0) is 17.7 Å². The lowest BCUT2D eigenvalue weighted by atomic mass is 10.1. The summed E-state index contributed by atoms with van der Waals surface area (Å²) in [7, 11) is -3.40. The lowest BCUT2D eigenvalue weighted by Gasteiger charge is -2.15. The normalized spacial score (nSPS) is 12.7. The van der Waals surface area contributed by atoms with Crippen LogP contribution in [0.1, 0.15) is 24.9 Å². The van der Waals surface area contributed by atoms with Crippen LogP contribution in [-0.4, -0.2) is 43.9 Å². The Balaban J connectivity index is 1.76. The molecule has 0 fully saturated rings. The molecule has 4 rings (SSSR count). The Hall–Kier alpha value is -3.58. The number of sulfone groups is 1. The third kappa shape index (κ3) is 3.48. The summed E-state index contributed by atoms with van der Waals surface area (Å²) in [6, 6.07) is 5.11. The first-order valence-electron chi connectivity index (χ1n) is 8.90. The molecule has 0 saturated heterocycles. The number of pyridine rings is 1. The molecule has 0 spiro atoms. The van der Waals surface area contributed by atoms with Gasteiger partial charge in [0.15, 0.2) is 9.84 Å². The first kappa shape index (κ1) is 18.8. The van der Waals surface area contributed by atoms with Crippen LogP contribution in [0.2, 0.25) is 0 Å². The molecule has 0 bridgehead atoms. The van der Waals surface area contributed by atoms with Crippen LogP contribution >= 0.6 is 0 Å². The number of aromatic nitrogens is 6. The van der Waals surface area contributed by atoms with Crippen LogP contribution in [0.25, 0.3) is 22.3 Å². The molecular weight excluding hydrogens is 390 g/mol. The van der Waals surface area contributed by atoms with Gasteiger partial charge in [-0.1, -0.05) is 6.92 Å². The minimum atomic E-state index is -3.40. The van der Waals surface area contributed by atoms with Crippen LogP contribution in [0, 0.1) is 11.3 Å². The fourth-order valence-electron chi connectivity index (χ4n) is 3.14. The maximum absolute atomic E-state index is 12.2. The highest BCUT2D eigenvalue weighted by atomic mass is 32.2. The third-order valence-electron chi connectivity index (χ3n) is 4.69. The highest BCUT2D eigenvalue weighted by Crippen LogP contribution is 2.28. The number of hydrogen-bond donors (Lipinski definition) is 1. The molecule has 146 valence electrons. The fourth-order valence-corrected chi connectivity index (χ4v) is 4.01. The predicted octanol–water partition coefficient (Wildman–Crippen LogP) is 2.51. The van der Waals surface area contributed by atoms with Crippen LogP contribution in [0.5, 0.6) is 0 Å². The van der Waals surface area contributed by atoms with Crippen LogP contribution in [-0.2, 0) is 9.84 Å². The molecular formula is C19H17N7O2S. The Bertz CT molecular complexity index is 1320. The molecule has 1 unspecified atom stereocenters. The smallest absolute Gasteiger partial charge is 0.179 e. The zero-order valence-corrected chi connectivity index (χ0v) is 16.3. The van der Waals surface area contributed by atoms with E-state index in [1.54, 1.807) is 42.5 Å². The molecule has 9 nitrogen and oxygen atoms in total. The molecule has 10 heteroatoms. The van der Waals surface area contributed by atoms with Crippen molar-refractivity contribution in [3.8, 4) is 17.3 Å². The second kappa shape index (κ2) is 7.44. The van der Waals surface area contributed by atoms with E-state index >= 15 is 0 Å².